The van der Waals surface area contributed by atoms with E-state index in [-0.39, 0.29) is 12.1 Å². The number of piperazine rings is 1. The summed E-state index contributed by atoms with van der Waals surface area (Å²) in [4.78, 5) is 4.69. The average molecular weight is 480 g/mol. The van der Waals surface area contributed by atoms with Gasteiger partial charge in [-0.05, 0) is 49.9 Å². The number of aliphatic hydroxyl groups is 1. The molecule has 2 aromatic rings. The Bertz CT molecular complexity index is 987. The van der Waals surface area contributed by atoms with Gasteiger partial charge in [0, 0.05) is 45.0 Å². The van der Waals surface area contributed by atoms with Crippen molar-refractivity contribution >= 4 is 27.0 Å². The van der Waals surface area contributed by atoms with Crippen LogP contribution in [-0.4, -0.2) is 80.8 Å². The van der Waals surface area contributed by atoms with E-state index in [9.17, 15) is 13.5 Å². The summed E-state index contributed by atoms with van der Waals surface area (Å²) in [6, 6.07) is 11.5. The monoisotopic (exact) mass is 479 g/mol. The predicted molar refractivity (Wildman–Crippen MR) is 128 cm³/mol. The fraction of sp³-hybridized carbons (Fsp3) is 0.565. The van der Waals surface area contributed by atoms with Gasteiger partial charge in [0.1, 0.15) is 4.21 Å². The van der Waals surface area contributed by atoms with Crippen molar-refractivity contribution in [3.05, 3.63) is 47.3 Å². The minimum absolute atomic E-state index is 0.0248. The number of sulfonamides is 1. The third-order valence-electron chi connectivity index (χ3n) is 6.23. The van der Waals surface area contributed by atoms with Gasteiger partial charge in [-0.25, -0.2) is 8.42 Å². The van der Waals surface area contributed by atoms with Crippen molar-refractivity contribution < 1.29 is 18.3 Å². The van der Waals surface area contributed by atoms with E-state index in [0.717, 1.165) is 30.9 Å². The summed E-state index contributed by atoms with van der Waals surface area (Å²) in [7, 11) is -3.49. The van der Waals surface area contributed by atoms with Crippen molar-refractivity contribution in [1.82, 2.24) is 9.21 Å². The molecule has 176 valence electrons. The molecule has 4 rings (SSSR count). The number of anilines is 1. The summed E-state index contributed by atoms with van der Waals surface area (Å²) in [5, 5.41) is 12.1. The lowest BCUT2D eigenvalue weighted by atomic mass is 9.98. The van der Waals surface area contributed by atoms with Crippen LogP contribution in [0.25, 0.3) is 0 Å². The van der Waals surface area contributed by atoms with Crippen molar-refractivity contribution in [2.45, 2.75) is 42.7 Å². The Balaban J connectivity index is 1.58. The first-order valence-corrected chi connectivity index (χ1v) is 13.4. The molecule has 1 N–H and O–H groups in total. The lowest BCUT2D eigenvalue weighted by molar-refractivity contribution is -0.0210. The molecule has 0 saturated carbocycles. The summed E-state index contributed by atoms with van der Waals surface area (Å²) in [5.74, 6) is 0. The Kier molecular flexibility index (Phi) is 6.95. The highest BCUT2D eigenvalue weighted by atomic mass is 32.2. The SMILES string of the molecule is C[C@@H]1CN(C[C@H]2CN(S(=O)(=O)c3cccs3)CCN2c2ccc(C(C)(C)O)cc2)CCO1. The zero-order valence-electron chi connectivity index (χ0n) is 19.0. The molecule has 9 heteroatoms. The molecule has 1 aromatic heterocycles. The van der Waals surface area contributed by atoms with Crippen LogP contribution in [0.2, 0.25) is 0 Å². The summed E-state index contributed by atoms with van der Waals surface area (Å²) in [5.41, 5.74) is 1.02. The quantitative estimate of drug-likeness (QED) is 0.687. The highest BCUT2D eigenvalue weighted by Crippen LogP contribution is 2.29. The number of thiophene rings is 1. The second-order valence-electron chi connectivity index (χ2n) is 9.19. The van der Waals surface area contributed by atoms with Gasteiger partial charge < -0.3 is 14.7 Å². The van der Waals surface area contributed by atoms with Crippen LogP contribution in [0.5, 0.6) is 0 Å². The van der Waals surface area contributed by atoms with Crippen molar-refractivity contribution in [3.63, 3.8) is 0 Å². The molecule has 0 radical (unpaired) electrons. The first-order chi connectivity index (χ1) is 15.1. The number of hydrogen-bond acceptors (Lipinski definition) is 7. The number of hydrogen-bond donors (Lipinski definition) is 1. The molecule has 0 amide bonds. The molecule has 0 aliphatic carbocycles. The summed E-state index contributed by atoms with van der Waals surface area (Å²) in [6.45, 7) is 10.3. The lowest BCUT2D eigenvalue weighted by Crippen LogP contribution is -2.59. The molecule has 0 unspecified atom stereocenters. The van der Waals surface area contributed by atoms with E-state index in [2.05, 4.69) is 16.7 Å². The van der Waals surface area contributed by atoms with E-state index in [4.69, 9.17) is 4.74 Å². The minimum Gasteiger partial charge on any atom is -0.386 e. The van der Waals surface area contributed by atoms with E-state index in [1.54, 1.807) is 35.7 Å². The summed E-state index contributed by atoms with van der Waals surface area (Å²) in [6.07, 6.45) is 0.179. The van der Waals surface area contributed by atoms with E-state index in [1.807, 2.05) is 24.3 Å². The highest BCUT2D eigenvalue weighted by Gasteiger charge is 2.36. The van der Waals surface area contributed by atoms with E-state index in [1.165, 1.54) is 11.3 Å². The number of rotatable bonds is 6. The van der Waals surface area contributed by atoms with Gasteiger partial charge in [0.05, 0.1) is 24.4 Å². The van der Waals surface area contributed by atoms with Crippen LogP contribution in [0.15, 0.2) is 46.0 Å². The minimum atomic E-state index is -3.49. The first-order valence-electron chi connectivity index (χ1n) is 11.1. The molecular formula is C23H33N3O4S2. The molecule has 2 saturated heterocycles. The Morgan fingerprint density at radius 1 is 1.12 bits per heavy atom. The largest absolute Gasteiger partial charge is 0.386 e. The van der Waals surface area contributed by atoms with Crippen molar-refractivity contribution in [2.75, 3.05) is 50.8 Å². The Hall–Kier alpha value is -1.49. The van der Waals surface area contributed by atoms with Gasteiger partial charge in [0.25, 0.3) is 10.0 Å². The van der Waals surface area contributed by atoms with Gasteiger partial charge in [-0.15, -0.1) is 11.3 Å². The first kappa shape index (κ1) is 23.7. The summed E-state index contributed by atoms with van der Waals surface area (Å²) >= 11 is 1.27. The maximum absolute atomic E-state index is 13.2. The topological polar surface area (TPSA) is 73.3 Å². The Morgan fingerprint density at radius 2 is 1.88 bits per heavy atom. The van der Waals surface area contributed by atoms with Crippen molar-refractivity contribution in [2.24, 2.45) is 0 Å². The molecule has 2 fully saturated rings. The smallest absolute Gasteiger partial charge is 0.252 e. The molecule has 0 spiro atoms. The number of benzene rings is 1. The van der Waals surface area contributed by atoms with Gasteiger partial charge in [0.15, 0.2) is 0 Å². The van der Waals surface area contributed by atoms with Crippen LogP contribution in [-0.2, 0) is 20.4 Å². The highest BCUT2D eigenvalue weighted by molar-refractivity contribution is 7.91. The maximum atomic E-state index is 13.2. The molecule has 3 heterocycles. The number of morpholine rings is 1. The van der Waals surface area contributed by atoms with Gasteiger partial charge in [-0.1, -0.05) is 18.2 Å². The fourth-order valence-corrected chi connectivity index (χ4v) is 7.11. The van der Waals surface area contributed by atoms with Crippen molar-refractivity contribution in [1.29, 1.82) is 0 Å². The normalized spacial score (nSPS) is 24.1. The maximum Gasteiger partial charge on any atom is 0.252 e. The van der Waals surface area contributed by atoms with Gasteiger partial charge in [-0.3, -0.25) is 4.90 Å². The van der Waals surface area contributed by atoms with E-state index < -0.39 is 15.6 Å². The molecule has 2 aliphatic rings. The van der Waals surface area contributed by atoms with Crippen LogP contribution in [0.4, 0.5) is 5.69 Å². The van der Waals surface area contributed by atoms with E-state index in [0.29, 0.717) is 30.5 Å². The Labute approximate surface area is 195 Å². The van der Waals surface area contributed by atoms with Crippen LogP contribution in [0.1, 0.15) is 26.3 Å². The summed E-state index contributed by atoms with van der Waals surface area (Å²) < 4.78 is 34.1. The van der Waals surface area contributed by atoms with Gasteiger partial charge in [0.2, 0.25) is 0 Å². The third-order valence-corrected chi connectivity index (χ3v) is 9.47. The number of nitrogens with zero attached hydrogens (tertiary/aromatic N) is 3. The zero-order valence-corrected chi connectivity index (χ0v) is 20.6. The van der Waals surface area contributed by atoms with Crippen LogP contribution < -0.4 is 4.90 Å². The second kappa shape index (κ2) is 9.40. The third kappa shape index (κ3) is 5.18. The standard InChI is InChI=1S/C23H33N3O4S2/c1-18-15-24(12-13-30-18)16-21-17-25(32(28,29)22-5-4-14-31-22)10-11-26(21)20-8-6-19(7-9-20)23(2,3)27/h4-9,14,18,21,27H,10-13,15-17H2,1-3H3/t18-,21+/m1/s1. The molecule has 7 nitrogen and oxygen atoms in total. The molecule has 1 aromatic carbocycles. The second-order valence-corrected chi connectivity index (χ2v) is 12.3. The molecule has 2 aliphatic heterocycles. The Morgan fingerprint density at radius 3 is 2.50 bits per heavy atom. The molecule has 0 bridgehead atoms. The van der Waals surface area contributed by atoms with Crippen LogP contribution >= 0.6 is 11.3 Å². The van der Waals surface area contributed by atoms with Gasteiger partial charge in [-0.2, -0.15) is 4.31 Å². The van der Waals surface area contributed by atoms with E-state index >= 15 is 0 Å². The zero-order chi connectivity index (χ0) is 22.9. The lowest BCUT2D eigenvalue weighted by Gasteiger charge is -2.45. The van der Waals surface area contributed by atoms with Crippen LogP contribution in [0.3, 0.4) is 0 Å². The fourth-order valence-electron chi connectivity index (χ4n) is 4.49. The molecule has 32 heavy (non-hydrogen) atoms. The van der Waals surface area contributed by atoms with Crippen LogP contribution in [0, 0.1) is 0 Å². The van der Waals surface area contributed by atoms with Gasteiger partial charge >= 0.3 is 0 Å². The predicted octanol–water partition coefficient (Wildman–Crippen LogP) is 2.58. The molecular weight excluding hydrogens is 446 g/mol. The van der Waals surface area contributed by atoms with Crippen molar-refractivity contribution in [3.8, 4) is 0 Å². The average Bonchev–Trinajstić information content (AvgIpc) is 3.29. The molecule has 2 atom stereocenters. The number of ether oxygens (including phenoxy) is 1.